The zero-order chi connectivity index (χ0) is 20.9. The average Bonchev–Trinajstić information content (AvgIpc) is 3.08. The fraction of sp³-hybridized carbons (Fsp3) is 0.273. The van der Waals surface area contributed by atoms with E-state index in [4.69, 9.17) is 4.74 Å². The minimum Gasteiger partial charge on any atom is -0.370 e. The molecule has 1 amide bonds. The molecule has 0 fully saturated rings. The van der Waals surface area contributed by atoms with E-state index in [2.05, 4.69) is 15.6 Å². The van der Waals surface area contributed by atoms with Crippen molar-refractivity contribution in [2.75, 3.05) is 5.32 Å². The third-order valence-corrected chi connectivity index (χ3v) is 6.41. The van der Waals surface area contributed by atoms with Gasteiger partial charge >= 0.3 is 0 Å². The summed E-state index contributed by atoms with van der Waals surface area (Å²) >= 11 is 1.43. The number of ether oxygens (including phenoxy) is 1. The zero-order valence-electron chi connectivity index (χ0n) is 16.6. The Morgan fingerprint density at radius 2 is 2.03 bits per heavy atom. The Morgan fingerprint density at radius 1 is 1.23 bits per heavy atom. The van der Waals surface area contributed by atoms with Gasteiger partial charge in [0.1, 0.15) is 6.54 Å². The summed E-state index contributed by atoms with van der Waals surface area (Å²) in [5.41, 5.74) is 1.04. The van der Waals surface area contributed by atoms with Crippen LogP contribution < -0.4 is 10.9 Å². The van der Waals surface area contributed by atoms with Crippen LogP contribution in [0.3, 0.4) is 0 Å². The van der Waals surface area contributed by atoms with Crippen LogP contribution in [0.5, 0.6) is 0 Å². The van der Waals surface area contributed by atoms with Gasteiger partial charge in [-0.15, -0.1) is 16.4 Å². The van der Waals surface area contributed by atoms with E-state index >= 15 is 0 Å². The number of benzene rings is 2. The molecule has 0 saturated carbocycles. The number of carbonyl (C=O) groups excluding carboxylic acids is 1. The Hall–Kier alpha value is -3.10. The molecule has 1 N–H and O–H groups in total. The average molecular weight is 420 g/mol. The minimum absolute atomic E-state index is 0.199. The normalized spacial score (nSPS) is 15.3. The molecule has 0 radical (unpaired) electrons. The first-order valence-corrected chi connectivity index (χ1v) is 10.5. The summed E-state index contributed by atoms with van der Waals surface area (Å²) in [5.74, 6) is -0.324. The summed E-state index contributed by atoms with van der Waals surface area (Å²) in [7, 11) is 0. The number of carbonyl (C=O) groups is 1. The summed E-state index contributed by atoms with van der Waals surface area (Å²) in [6.45, 7) is 4.27. The molecule has 1 aliphatic rings. The molecule has 4 aromatic rings. The summed E-state index contributed by atoms with van der Waals surface area (Å²) in [6, 6.07) is 13.5. The van der Waals surface area contributed by atoms with Gasteiger partial charge in [-0.05, 0) is 30.9 Å². The van der Waals surface area contributed by atoms with Gasteiger partial charge in [0.2, 0.25) is 5.91 Å². The molecule has 8 heteroatoms. The molecule has 2 aromatic carbocycles. The lowest BCUT2D eigenvalue weighted by molar-refractivity contribution is -0.117. The maximum absolute atomic E-state index is 13.1. The first-order chi connectivity index (χ1) is 14.4. The lowest BCUT2D eigenvalue weighted by Crippen LogP contribution is -2.33. The smallest absolute Gasteiger partial charge is 0.279 e. The van der Waals surface area contributed by atoms with Crippen LogP contribution in [0.25, 0.3) is 21.0 Å². The number of amides is 1. The van der Waals surface area contributed by atoms with E-state index in [9.17, 15) is 9.59 Å². The van der Waals surface area contributed by atoms with Crippen molar-refractivity contribution in [3.05, 3.63) is 63.3 Å². The largest absolute Gasteiger partial charge is 0.370 e. The van der Waals surface area contributed by atoms with Crippen LogP contribution >= 0.6 is 11.3 Å². The Bertz CT molecular complexity index is 1350. The molecular weight excluding hydrogens is 400 g/mol. The molecule has 0 atom stereocenters. The molecule has 0 spiro atoms. The summed E-state index contributed by atoms with van der Waals surface area (Å²) in [4.78, 5) is 27.4. The molecule has 3 heterocycles. The van der Waals surface area contributed by atoms with Crippen molar-refractivity contribution in [1.82, 2.24) is 15.0 Å². The predicted octanol–water partition coefficient (Wildman–Crippen LogP) is 3.50. The number of anilines is 1. The highest BCUT2D eigenvalue weighted by Gasteiger charge is 2.31. The minimum atomic E-state index is -0.340. The van der Waals surface area contributed by atoms with Crippen molar-refractivity contribution in [3.63, 3.8) is 0 Å². The monoisotopic (exact) mass is 420 g/mol. The highest BCUT2D eigenvalue weighted by Crippen LogP contribution is 2.36. The van der Waals surface area contributed by atoms with E-state index in [-0.39, 0.29) is 23.6 Å². The maximum Gasteiger partial charge on any atom is 0.279 e. The first-order valence-electron chi connectivity index (χ1n) is 9.71. The van der Waals surface area contributed by atoms with Crippen LogP contribution in [0.15, 0.2) is 47.3 Å². The van der Waals surface area contributed by atoms with Crippen molar-refractivity contribution >= 4 is 43.9 Å². The molecule has 0 bridgehead atoms. The highest BCUT2D eigenvalue weighted by molar-refractivity contribution is 7.18. The molecule has 5 rings (SSSR count). The number of aromatic nitrogens is 3. The van der Waals surface area contributed by atoms with Crippen molar-refractivity contribution in [2.45, 2.75) is 39.0 Å². The number of nitrogens with zero attached hydrogens (tertiary/aromatic N) is 3. The third-order valence-electron chi connectivity index (χ3n) is 5.32. The van der Waals surface area contributed by atoms with Crippen LogP contribution in [0.1, 0.15) is 24.3 Å². The van der Waals surface area contributed by atoms with Crippen molar-refractivity contribution in [1.29, 1.82) is 0 Å². The number of thiophene rings is 1. The third kappa shape index (κ3) is 3.28. The van der Waals surface area contributed by atoms with Gasteiger partial charge in [0.25, 0.3) is 5.56 Å². The fourth-order valence-corrected chi connectivity index (χ4v) is 4.90. The summed E-state index contributed by atoms with van der Waals surface area (Å²) < 4.78 is 6.98. The fourth-order valence-electron chi connectivity index (χ4n) is 3.86. The molecule has 152 valence electrons. The maximum atomic E-state index is 13.1. The lowest BCUT2D eigenvalue weighted by atomic mass is 9.94. The predicted molar refractivity (Wildman–Crippen MR) is 117 cm³/mol. The van der Waals surface area contributed by atoms with E-state index < -0.39 is 0 Å². The molecule has 2 aromatic heterocycles. The molecule has 0 saturated heterocycles. The van der Waals surface area contributed by atoms with Gasteiger partial charge in [0, 0.05) is 22.4 Å². The molecule has 0 unspecified atom stereocenters. The number of nitrogens with one attached hydrogen (secondary N) is 1. The number of hydrogen-bond acceptors (Lipinski definition) is 6. The lowest BCUT2D eigenvalue weighted by Gasteiger charge is -2.29. The zero-order valence-corrected chi connectivity index (χ0v) is 17.5. The van der Waals surface area contributed by atoms with Gasteiger partial charge in [-0.2, -0.15) is 0 Å². The Balaban J connectivity index is 1.46. The van der Waals surface area contributed by atoms with Gasteiger partial charge in [-0.1, -0.05) is 41.6 Å². The quantitative estimate of drug-likeness (QED) is 0.548. The van der Waals surface area contributed by atoms with Crippen LogP contribution in [-0.4, -0.2) is 26.5 Å². The van der Waals surface area contributed by atoms with Crippen LogP contribution in [0, 0.1) is 0 Å². The Morgan fingerprint density at radius 3 is 2.90 bits per heavy atom. The van der Waals surface area contributed by atoms with Gasteiger partial charge < -0.3 is 10.1 Å². The van der Waals surface area contributed by atoms with E-state index in [0.717, 1.165) is 25.9 Å². The highest BCUT2D eigenvalue weighted by atomic mass is 32.1. The molecular formula is C22H20N4O3S. The van der Waals surface area contributed by atoms with Gasteiger partial charge in [-0.25, -0.2) is 4.68 Å². The van der Waals surface area contributed by atoms with E-state index in [1.807, 2.05) is 56.3 Å². The second kappa shape index (κ2) is 7.00. The van der Waals surface area contributed by atoms with Crippen LogP contribution in [0.2, 0.25) is 0 Å². The van der Waals surface area contributed by atoms with Crippen molar-refractivity contribution < 1.29 is 9.53 Å². The van der Waals surface area contributed by atoms with E-state index in [1.165, 1.54) is 11.3 Å². The molecule has 1 aliphatic heterocycles. The standard InChI is InChI=1S/C22H20N4O3S/c1-22(2)10-15-17(12-29-22)30-20-19(15)21(28)26(25-24-20)11-18(27)23-16-9-5-7-13-6-3-4-8-14(13)16/h3-9H,10-12H2,1-2H3,(H,23,27). The van der Waals surface area contributed by atoms with Gasteiger partial charge in [-0.3, -0.25) is 9.59 Å². The van der Waals surface area contributed by atoms with Crippen molar-refractivity contribution in [2.24, 2.45) is 0 Å². The Kier molecular flexibility index (Phi) is 4.41. The first kappa shape index (κ1) is 18.9. The number of rotatable bonds is 3. The topological polar surface area (TPSA) is 86.1 Å². The summed E-state index contributed by atoms with van der Waals surface area (Å²) in [6.07, 6.45) is 0.630. The van der Waals surface area contributed by atoms with Crippen LogP contribution in [0.4, 0.5) is 5.69 Å². The molecule has 7 nitrogen and oxygen atoms in total. The Labute approximate surface area is 176 Å². The van der Waals surface area contributed by atoms with Crippen LogP contribution in [-0.2, 0) is 29.1 Å². The summed E-state index contributed by atoms with van der Waals surface area (Å²) in [5, 5.41) is 13.6. The second-order valence-electron chi connectivity index (χ2n) is 8.04. The SMILES string of the molecule is CC1(C)Cc2c(sc3nnn(CC(=O)Nc4cccc5ccccc45)c(=O)c23)CO1. The van der Waals surface area contributed by atoms with E-state index in [1.54, 1.807) is 0 Å². The van der Waals surface area contributed by atoms with Crippen molar-refractivity contribution in [3.8, 4) is 0 Å². The van der Waals surface area contributed by atoms with E-state index in [0.29, 0.717) is 28.9 Å². The second-order valence-corrected chi connectivity index (χ2v) is 9.12. The molecule has 30 heavy (non-hydrogen) atoms. The van der Waals surface area contributed by atoms with Gasteiger partial charge in [0.15, 0.2) is 4.83 Å². The van der Waals surface area contributed by atoms with Gasteiger partial charge in [0.05, 0.1) is 17.6 Å². The molecule has 0 aliphatic carbocycles. The number of fused-ring (bicyclic) bond motifs is 4. The number of hydrogen-bond donors (Lipinski definition) is 1.